The zero-order valence-corrected chi connectivity index (χ0v) is 14.1. The molecule has 2 N–H and O–H groups in total. The van der Waals surface area contributed by atoms with Crippen molar-refractivity contribution in [1.29, 1.82) is 0 Å². The molecule has 2 aromatic heterocycles. The molecule has 0 bridgehead atoms. The standard InChI is InChI=1S/C19H20N4O/c1-11-4-5-12(2)15(8-11)22-19(24)14-10-21-16-9-13(3)23-7-6-20-18(23)17(14)16/h4-8,10,13,21H,9H2,1-3H3,(H,22,24)/t13-/m1/s1. The van der Waals surface area contributed by atoms with Crippen molar-refractivity contribution in [1.82, 2.24) is 14.5 Å². The summed E-state index contributed by atoms with van der Waals surface area (Å²) in [7, 11) is 0. The summed E-state index contributed by atoms with van der Waals surface area (Å²) in [4.78, 5) is 20.6. The Morgan fingerprint density at radius 2 is 2.21 bits per heavy atom. The van der Waals surface area contributed by atoms with Crippen LogP contribution in [0.25, 0.3) is 11.4 Å². The number of nitrogens with one attached hydrogen (secondary N) is 2. The molecule has 0 radical (unpaired) electrons. The highest BCUT2D eigenvalue weighted by molar-refractivity contribution is 6.09. The largest absolute Gasteiger partial charge is 0.364 e. The van der Waals surface area contributed by atoms with Gasteiger partial charge in [-0.05, 0) is 38.0 Å². The fourth-order valence-electron chi connectivity index (χ4n) is 3.38. The van der Waals surface area contributed by atoms with Gasteiger partial charge < -0.3 is 14.9 Å². The van der Waals surface area contributed by atoms with E-state index in [9.17, 15) is 4.79 Å². The Morgan fingerprint density at radius 3 is 3.04 bits per heavy atom. The number of benzene rings is 1. The number of nitrogens with zero attached hydrogens (tertiary/aromatic N) is 2. The Labute approximate surface area is 140 Å². The number of rotatable bonds is 2. The minimum atomic E-state index is -0.106. The van der Waals surface area contributed by atoms with Gasteiger partial charge in [0.1, 0.15) is 5.82 Å². The third-order valence-electron chi connectivity index (χ3n) is 4.71. The first-order valence-corrected chi connectivity index (χ1v) is 8.16. The highest BCUT2D eigenvalue weighted by Crippen LogP contribution is 2.35. The van der Waals surface area contributed by atoms with Crippen LogP contribution in [0.3, 0.4) is 0 Å². The predicted molar refractivity (Wildman–Crippen MR) is 94.3 cm³/mol. The van der Waals surface area contributed by atoms with Crippen molar-refractivity contribution in [3.05, 3.63) is 59.2 Å². The number of hydrogen-bond donors (Lipinski definition) is 2. The molecular formula is C19H20N4O. The van der Waals surface area contributed by atoms with Crippen LogP contribution in [0.5, 0.6) is 0 Å². The van der Waals surface area contributed by atoms with Crippen LogP contribution in [0.4, 0.5) is 5.69 Å². The van der Waals surface area contributed by atoms with E-state index in [1.165, 1.54) is 0 Å². The number of hydrogen-bond acceptors (Lipinski definition) is 2. The topological polar surface area (TPSA) is 62.7 Å². The lowest BCUT2D eigenvalue weighted by Crippen LogP contribution is -2.18. The van der Waals surface area contributed by atoms with Gasteiger partial charge in [0.15, 0.2) is 0 Å². The predicted octanol–water partition coefficient (Wildman–Crippen LogP) is 3.86. The first-order valence-electron chi connectivity index (χ1n) is 8.16. The summed E-state index contributed by atoms with van der Waals surface area (Å²) < 4.78 is 2.13. The number of carbonyl (C=O) groups is 1. The van der Waals surface area contributed by atoms with E-state index in [2.05, 4.69) is 26.8 Å². The molecule has 1 aromatic carbocycles. The van der Waals surface area contributed by atoms with Crippen LogP contribution >= 0.6 is 0 Å². The molecule has 1 amide bonds. The molecule has 0 spiro atoms. The zero-order chi connectivity index (χ0) is 16.8. The van der Waals surface area contributed by atoms with Crippen LogP contribution in [-0.4, -0.2) is 20.4 Å². The molecule has 1 atom stereocenters. The number of H-pyrrole nitrogens is 1. The molecule has 122 valence electrons. The third-order valence-corrected chi connectivity index (χ3v) is 4.71. The molecule has 0 unspecified atom stereocenters. The minimum absolute atomic E-state index is 0.106. The van der Waals surface area contributed by atoms with Crippen molar-refractivity contribution in [3.63, 3.8) is 0 Å². The fourth-order valence-corrected chi connectivity index (χ4v) is 3.38. The smallest absolute Gasteiger partial charge is 0.257 e. The van der Waals surface area contributed by atoms with E-state index < -0.39 is 0 Å². The molecule has 24 heavy (non-hydrogen) atoms. The Hall–Kier alpha value is -2.82. The number of aryl methyl sites for hydroxylation is 2. The van der Waals surface area contributed by atoms with Gasteiger partial charge in [-0.15, -0.1) is 0 Å². The second-order valence-electron chi connectivity index (χ2n) is 6.54. The summed E-state index contributed by atoms with van der Waals surface area (Å²) in [5.41, 5.74) is 5.66. The van der Waals surface area contributed by atoms with Crippen molar-refractivity contribution >= 4 is 11.6 Å². The zero-order valence-electron chi connectivity index (χ0n) is 14.1. The average molecular weight is 320 g/mol. The number of fused-ring (bicyclic) bond motifs is 3. The van der Waals surface area contributed by atoms with E-state index in [-0.39, 0.29) is 5.91 Å². The van der Waals surface area contributed by atoms with Gasteiger partial charge in [0, 0.05) is 42.4 Å². The van der Waals surface area contributed by atoms with Crippen molar-refractivity contribution in [3.8, 4) is 11.4 Å². The lowest BCUT2D eigenvalue weighted by atomic mass is 10.00. The van der Waals surface area contributed by atoms with Crippen LogP contribution in [-0.2, 0) is 6.42 Å². The van der Waals surface area contributed by atoms with Gasteiger partial charge in [0.25, 0.3) is 5.91 Å². The van der Waals surface area contributed by atoms with Gasteiger partial charge in [-0.2, -0.15) is 0 Å². The number of aromatic nitrogens is 3. The monoisotopic (exact) mass is 320 g/mol. The van der Waals surface area contributed by atoms with Crippen molar-refractivity contribution < 1.29 is 4.79 Å². The molecular weight excluding hydrogens is 300 g/mol. The van der Waals surface area contributed by atoms with Crippen molar-refractivity contribution in [2.45, 2.75) is 33.2 Å². The Kier molecular flexibility index (Phi) is 3.30. The highest BCUT2D eigenvalue weighted by Gasteiger charge is 2.28. The minimum Gasteiger partial charge on any atom is -0.364 e. The number of aromatic amines is 1. The summed E-state index contributed by atoms with van der Waals surface area (Å²) in [6.45, 7) is 6.17. The molecule has 1 aliphatic rings. The number of carbonyl (C=O) groups excluding carboxylic acids is 1. The second kappa shape index (κ2) is 5.37. The highest BCUT2D eigenvalue weighted by atomic mass is 16.1. The first-order chi connectivity index (χ1) is 11.5. The maximum Gasteiger partial charge on any atom is 0.257 e. The van der Waals surface area contributed by atoms with Gasteiger partial charge in [0.2, 0.25) is 0 Å². The van der Waals surface area contributed by atoms with Gasteiger partial charge in [0.05, 0.1) is 11.1 Å². The van der Waals surface area contributed by atoms with Gasteiger partial charge in [-0.3, -0.25) is 4.79 Å². The Morgan fingerprint density at radius 1 is 1.38 bits per heavy atom. The summed E-state index contributed by atoms with van der Waals surface area (Å²) in [5, 5.41) is 3.04. The molecule has 0 aliphatic carbocycles. The van der Waals surface area contributed by atoms with E-state index in [0.29, 0.717) is 11.6 Å². The SMILES string of the molecule is Cc1ccc(C)c(NC(=O)c2c[nH]c3c2-c2nccn2[C@H](C)C3)c1. The van der Waals surface area contributed by atoms with Gasteiger partial charge in [-0.25, -0.2) is 4.98 Å². The first kappa shape index (κ1) is 14.8. The molecule has 5 heteroatoms. The Bertz CT molecular complexity index is 935. The van der Waals surface area contributed by atoms with E-state index in [0.717, 1.165) is 40.3 Å². The molecule has 4 rings (SSSR count). The van der Waals surface area contributed by atoms with Gasteiger partial charge in [-0.1, -0.05) is 12.1 Å². The third kappa shape index (κ3) is 2.24. The molecule has 0 saturated carbocycles. The van der Waals surface area contributed by atoms with Crippen LogP contribution in [0.2, 0.25) is 0 Å². The van der Waals surface area contributed by atoms with Crippen LogP contribution in [0.15, 0.2) is 36.8 Å². The van der Waals surface area contributed by atoms with E-state index in [1.807, 2.05) is 38.2 Å². The molecule has 3 aromatic rings. The van der Waals surface area contributed by atoms with Crippen LogP contribution in [0.1, 0.15) is 40.1 Å². The summed E-state index contributed by atoms with van der Waals surface area (Å²) >= 11 is 0. The number of anilines is 1. The van der Waals surface area contributed by atoms with E-state index >= 15 is 0 Å². The molecule has 0 fully saturated rings. The summed E-state index contributed by atoms with van der Waals surface area (Å²) in [6.07, 6.45) is 6.43. The molecule has 3 heterocycles. The quantitative estimate of drug-likeness (QED) is 0.753. The lowest BCUT2D eigenvalue weighted by Gasteiger charge is -2.22. The summed E-state index contributed by atoms with van der Waals surface area (Å²) in [5.74, 6) is 0.751. The summed E-state index contributed by atoms with van der Waals surface area (Å²) in [6, 6.07) is 6.39. The molecule has 1 aliphatic heterocycles. The lowest BCUT2D eigenvalue weighted by molar-refractivity contribution is 0.102. The Balaban J connectivity index is 1.72. The molecule has 5 nitrogen and oxygen atoms in total. The maximum absolute atomic E-state index is 12.9. The van der Waals surface area contributed by atoms with E-state index in [4.69, 9.17) is 0 Å². The van der Waals surface area contributed by atoms with E-state index in [1.54, 1.807) is 12.4 Å². The normalized spacial score (nSPS) is 15.7. The van der Waals surface area contributed by atoms with Crippen LogP contribution < -0.4 is 5.32 Å². The second-order valence-corrected chi connectivity index (χ2v) is 6.54. The average Bonchev–Trinajstić information content (AvgIpc) is 3.17. The van der Waals surface area contributed by atoms with Crippen molar-refractivity contribution in [2.75, 3.05) is 5.32 Å². The molecule has 0 saturated heterocycles. The maximum atomic E-state index is 12.9. The number of imidazole rings is 1. The fraction of sp³-hybridized carbons (Fsp3) is 0.263. The van der Waals surface area contributed by atoms with Crippen molar-refractivity contribution in [2.24, 2.45) is 0 Å². The van der Waals surface area contributed by atoms with Gasteiger partial charge >= 0.3 is 0 Å². The van der Waals surface area contributed by atoms with Crippen LogP contribution in [0, 0.1) is 13.8 Å². The number of amides is 1.